The molecule has 0 aliphatic carbocycles. The zero-order chi connectivity index (χ0) is 11.0. The molecule has 86 valence electrons. The molecule has 1 atom stereocenters. The van der Waals surface area contributed by atoms with Crippen LogP contribution in [0.2, 0.25) is 0 Å². The number of anilines is 2. The van der Waals surface area contributed by atoms with Crippen molar-refractivity contribution in [3.63, 3.8) is 0 Å². The van der Waals surface area contributed by atoms with Crippen LogP contribution >= 0.6 is 0 Å². The second kappa shape index (κ2) is 3.98. The van der Waals surface area contributed by atoms with E-state index >= 15 is 0 Å². The van der Waals surface area contributed by atoms with Crippen LogP contribution in [0.25, 0.3) is 0 Å². The summed E-state index contributed by atoms with van der Waals surface area (Å²) in [5.74, 6) is 0.863. The molecule has 0 spiro atoms. The first-order chi connectivity index (χ1) is 7.81. The fourth-order valence-electron chi connectivity index (χ4n) is 2.92. The fraction of sp³-hybridized carbons (Fsp3) is 0.538. The van der Waals surface area contributed by atoms with Crippen molar-refractivity contribution in [1.82, 2.24) is 4.90 Å². The van der Waals surface area contributed by atoms with Gasteiger partial charge in [0.1, 0.15) is 0 Å². The first-order valence-electron chi connectivity index (χ1n) is 6.16. The van der Waals surface area contributed by atoms with Crippen molar-refractivity contribution in [1.29, 1.82) is 0 Å². The minimum Gasteiger partial charge on any atom is -0.399 e. The lowest BCUT2D eigenvalue weighted by molar-refractivity contribution is 0.0975. The highest BCUT2D eigenvalue weighted by atomic mass is 15.2. The summed E-state index contributed by atoms with van der Waals surface area (Å²) in [7, 11) is 0. The minimum absolute atomic E-state index is 0.631. The number of piperidine rings is 3. The second-order valence-corrected chi connectivity index (χ2v) is 5.01. The Balaban J connectivity index is 1.68. The molecule has 3 saturated heterocycles. The van der Waals surface area contributed by atoms with Gasteiger partial charge in [-0.3, -0.25) is 0 Å². The van der Waals surface area contributed by atoms with Crippen LogP contribution in [0.1, 0.15) is 12.8 Å². The number of nitrogens with two attached hydrogens (primary N) is 1. The van der Waals surface area contributed by atoms with Gasteiger partial charge in [0, 0.05) is 24.0 Å². The van der Waals surface area contributed by atoms with E-state index in [1.807, 2.05) is 12.1 Å². The maximum Gasteiger partial charge on any atom is 0.0417 e. The number of fused-ring (bicyclic) bond motifs is 3. The molecule has 3 aliphatic heterocycles. The van der Waals surface area contributed by atoms with Gasteiger partial charge in [-0.25, -0.2) is 0 Å². The molecule has 4 rings (SSSR count). The normalized spacial score (nSPS) is 32.6. The van der Waals surface area contributed by atoms with E-state index < -0.39 is 0 Å². The summed E-state index contributed by atoms with van der Waals surface area (Å²) < 4.78 is 0. The highest BCUT2D eigenvalue weighted by molar-refractivity contribution is 5.51. The maximum atomic E-state index is 5.68. The van der Waals surface area contributed by atoms with Crippen molar-refractivity contribution in [2.75, 3.05) is 30.7 Å². The van der Waals surface area contributed by atoms with Crippen molar-refractivity contribution in [2.24, 2.45) is 5.92 Å². The van der Waals surface area contributed by atoms with Crippen LogP contribution in [0.3, 0.4) is 0 Å². The van der Waals surface area contributed by atoms with E-state index in [-0.39, 0.29) is 0 Å². The molecule has 1 aromatic carbocycles. The molecular weight excluding hydrogens is 198 g/mol. The van der Waals surface area contributed by atoms with Gasteiger partial charge in [0.15, 0.2) is 0 Å². The average molecular weight is 217 g/mol. The van der Waals surface area contributed by atoms with Gasteiger partial charge in [-0.1, -0.05) is 0 Å². The van der Waals surface area contributed by atoms with E-state index in [4.69, 9.17) is 5.73 Å². The van der Waals surface area contributed by atoms with Crippen molar-refractivity contribution >= 4 is 11.4 Å². The zero-order valence-electron chi connectivity index (χ0n) is 9.52. The van der Waals surface area contributed by atoms with E-state index in [1.165, 1.54) is 38.2 Å². The first-order valence-corrected chi connectivity index (χ1v) is 6.16. The summed E-state index contributed by atoms with van der Waals surface area (Å²) in [5.41, 5.74) is 7.72. The number of rotatable bonds is 2. The summed E-state index contributed by atoms with van der Waals surface area (Å²) in [6.07, 6.45) is 2.71. The number of nitrogens with one attached hydrogen (secondary N) is 1. The summed E-state index contributed by atoms with van der Waals surface area (Å²) in [6.45, 7) is 3.80. The molecule has 0 saturated carbocycles. The van der Waals surface area contributed by atoms with Crippen LogP contribution in [0.15, 0.2) is 24.3 Å². The van der Waals surface area contributed by atoms with E-state index in [1.54, 1.807) is 0 Å². The monoisotopic (exact) mass is 217 g/mol. The highest BCUT2D eigenvalue weighted by Gasteiger charge is 2.33. The standard InChI is InChI=1S/C13H19N3/c14-11-1-3-12(4-2-11)15-13-9-16-7-5-10(13)6-8-16/h1-4,10,13,15H,5-9,14H2/t13-/m0/s1. The molecule has 16 heavy (non-hydrogen) atoms. The first kappa shape index (κ1) is 9.97. The lowest BCUT2D eigenvalue weighted by Crippen LogP contribution is -2.53. The van der Waals surface area contributed by atoms with E-state index in [9.17, 15) is 0 Å². The smallest absolute Gasteiger partial charge is 0.0417 e. The quantitative estimate of drug-likeness (QED) is 0.742. The third-order valence-electron chi connectivity index (χ3n) is 3.92. The Morgan fingerprint density at radius 2 is 1.81 bits per heavy atom. The number of hydrogen-bond donors (Lipinski definition) is 2. The highest BCUT2D eigenvalue weighted by Crippen LogP contribution is 2.29. The van der Waals surface area contributed by atoms with Gasteiger partial charge < -0.3 is 16.0 Å². The number of nitrogens with zero attached hydrogens (tertiary/aromatic N) is 1. The molecule has 3 nitrogen and oxygen atoms in total. The lowest BCUT2D eigenvalue weighted by atomic mass is 9.84. The van der Waals surface area contributed by atoms with Crippen LogP contribution in [-0.4, -0.2) is 30.6 Å². The Morgan fingerprint density at radius 3 is 2.38 bits per heavy atom. The summed E-state index contributed by atoms with van der Waals surface area (Å²) in [5, 5.41) is 3.64. The molecule has 0 amide bonds. The molecule has 3 aliphatic rings. The largest absolute Gasteiger partial charge is 0.399 e. The zero-order valence-corrected chi connectivity index (χ0v) is 9.52. The van der Waals surface area contributed by atoms with Crippen LogP contribution in [0, 0.1) is 5.92 Å². The molecular formula is C13H19N3. The Bertz CT molecular complexity index is 352. The maximum absolute atomic E-state index is 5.68. The third-order valence-corrected chi connectivity index (χ3v) is 3.92. The SMILES string of the molecule is Nc1ccc(N[C@H]2CN3CCC2CC3)cc1. The van der Waals surface area contributed by atoms with Gasteiger partial charge in [0.05, 0.1) is 0 Å². The van der Waals surface area contributed by atoms with Gasteiger partial charge in [-0.05, 0) is 56.1 Å². The Kier molecular flexibility index (Phi) is 2.48. The second-order valence-electron chi connectivity index (χ2n) is 5.01. The van der Waals surface area contributed by atoms with Crippen molar-refractivity contribution < 1.29 is 0 Å². The minimum atomic E-state index is 0.631. The lowest BCUT2D eigenvalue weighted by Gasteiger charge is -2.45. The predicted octanol–water partition coefficient (Wildman–Crippen LogP) is 1.77. The third kappa shape index (κ3) is 1.87. The van der Waals surface area contributed by atoms with Crippen molar-refractivity contribution in [3.8, 4) is 0 Å². The molecule has 0 unspecified atom stereocenters. The van der Waals surface area contributed by atoms with Gasteiger partial charge in [-0.2, -0.15) is 0 Å². The van der Waals surface area contributed by atoms with E-state index in [2.05, 4.69) is 22.3 Å². The van der Waals surface area contributed by atoms with Gasteiger partial charge in [0.2, 0.25) is 0 Å². The van der Waals surface area contributed by atoms with Gasteiger partial charge in [0.25, 0.3) is 0 Å². The Labute approximate surface area is 96.6 Å². The fourth-order valence-corrected chi connectivity index (χ4v) is 2.92. The summed E-state index contributed by atoms with van der Waals surface area (Å²) >= 11 is 0. The molecule has 0 aromatic heterocycles. The molecule has 3 heteroatoms. The van der Waals surface area contributed by atoms with Gasteiger partial charge >= 0.3 is 0 Å². The van der Waals surface area contributed by atoms with Crippen molar-refractivity contribution in [3.05, 3.63) is 24.3 Å². The molecule has 3 fully saturated rings. The van der Waals surface area contributed by atoms with Crippen LogP contribution in [0.4, 0.5) is 11.4 Å². The Hall–Kier alpha value is -1.22. The molecule has 3 N–H and O–H groups in total. The molecule has 0 radical (unpaired) electrons. The van der Waals surface area contributed by atoms with Crippen LogP contribution in [-0.2, 0) is 0 Å². The van der Waals surface area contributed by atoms with Crippen LogP contribution < -0.4 is 11.1 Å². The molecule has 3 heterocycles. The number of benzene rings is 1. The Morgan fingerprint density at radius 1 is 1.12 bits per heavy atom. The topological polar surface area (TPSA) is 41.3 Å². The van der Waals surface area contributed by atoms with Crippen LogP contribution in [0.5, 0.6) is 0 Å². The van der Waals surface area contributed by atoms with Gasteiger partial charge in [-0.15, -0.1) is 0 Å². The molecule has 2 bridgehead atoms. The summed E-state index contributed by atoms with van der Waals surface area (Å²) in [4.78, 5) is 2.56. The predicted molar refractivity (Wildman–Crippen MR) is 67.4 cm³/mol. The van der Waals surface area contributed by atoms with E-state index in [0.29, 0.717) is 6.04 Å². The molecule has 1 aromatic rings. The summed E-state index contributed by atoms with van der Waals surface area (Å²) in [6, 6.07) is 8.71. The number of hydrogen-bond acceptors (Lipinski definition) is 3. The van der Waals surface area contributed by atoms with Crippen molar-refractivity contribution in [2.45, 2.75) is 18.9 Å². The number of nitrogen functional groups attached to an aromatic ring is 1. The average Bonchev–Trinajstić information content (AvgIpc) is 2.34. The van der Waals surface area contributed by atoms with E-state index in [0.717, 1.165) is 11.6 Å².